The normalized spacial score (nSPS) is 17.9. The van der Waals surface area contributed by atoms with Gasteiger partial charge < -0.3 is 14.8 Å². The van der Waals surface area contributed by atoms with Crippen molar-refractivity contribution in [3.63, 3.8) is 0 Å². The van der Waals surface area contributed by atoms with Crippen molar-refractivity contribution >= 4 is 17.3 Å². The molecule has 0 aromatic heterocycles. The van der Waals surface area contributed by atoms with Crippen LogP contribution in [0.25, 0.3) is 0 Å². The molecule has 6 rings (SSSR count). The number of rotatable bonds is 2. The van der Waals surface area contributed by atoms with E-state index in [1.165, 1.54) is 0 Å². The second kappa shape index (κ2) is 6.47. The number of fused-ring (bicyclic) bond motifs is 6. The molecule has 2 aliphatic heterocycles. The van der Waals surface area contributed by atoms with Crippen LogP contribution in [0.5, 0.6) is 11.5 Å². The molecular formula is C27H19NO3. The predicted octanol–water partition coefficient (Wildman–Crippen LogP) is 6.31. The van der Waals surface area contributed by atoms with Crippen molar-refractivity contribution in [2.45, 2.75) is 12.5 Å². The van der Waals surface area contributed by atoms with Gasteiger partial charge in [0.15, 0.2) is 5.60 Å². The minimum Gasteiger partial charge on any atom is -0.456 e. The van der Waals surface area contributed by atoms with E-state index in [9.17, 15) is 4.79 Å². The quantitative estimate of drug-likeness (QED) is 0.397. The molecule has 0 saturated heterocycles. The molecule has 31 heavy (non-hydrogen) atoms. The third-order valence-corrected chi connectivity index (χ3v) is 6.00. The van der Waals surface area contributed by atoms with Crippen molar-refractivity contribution in [3.8, 4) is 11.5 Å². The van der Waals surface area contributed by atoms with Crippen molar-refractivity contribution in [1.29, 1.82) is 0 Å². The van der Waals surface area contributed by atoms with Crippen molar-refractivity contribution in [3.05, 3.63) is 119 Å². The molecule has 0 amide bonds. The topological polar surface area (TPSA) is 47.6 Å². The monoisotopic (exact) mass is 405 g/mol. The van der Waals surface area contributed by atoms with Gasteiger partial charge in [-0.05, 0) is 55.0 Å². The van der Waals surface area contributed by atoms with E-state index < -0.39 is 5.60 Å². The standard InChI is InChI=1S/C27H19NO3/c1-17-8-7-13-24-25(17)27(21-12-6-5-11-20(21)26(29)31-27)22-16-19(14-15-23(22)30-24)28-18-9-3-2-4-10-18/h2-16,28H,1H3. The molecule has 4 heteroatoms. The van der Waals surface area contributed by atoms with Gasteiger partial charge in [0, 0.05) is 22.5 Å². The van der Waals surface area contributed by atoms with Crippen LogP contribution >= 0.6 is 0 Å². The molecule has 0 saturated carbocycles. The van der Waals surface area contributed by atoms with Crippen LogP contribution in [0, 0.1) is 6.92 Å². The highest BCUT2D eigenvalue weighted by atomic mass is 16.6. The zero-order valence-electron chi connectivity index (χ0n) is 16.9. The van der Waals surface area contributed by atoms with Crippen molar-refractivity contribution < 1.29 is 14.3 Å². The third-order valence-electron chi connectivity index (χ3n) is 6.00. The van der Waals surface area contributed by atoms with E-state index in [1.54, 1.807) is 0 Å². The highest BCUT2D eigenvalue weighted by Crippen LogP contribution is 2.57. The summed E-state index contributed by atoms with van der Waals surface area (Å²) in [4.78, 5) is 13.0. The number of esters is 1. The van der Waals surface area contributed by atoms with E-state index in [0.29, 0.717) is 17.1 Å². The molecule has 1 atom stereocenters. The Kier molecular flexibility index (Phi) is 3.71. The van der Waals surface area contributed by atoms with Gasteiger partial charge in [-0.15, -0.1) is 0 Å². The largest absolute Gasteiger partial charge is 0.456 e. The van der Waals surface area contributed by atoms with Crippen LogP contribution in [-0.2, 0) is 10.3 Å². The number of nitrogens with one attached hydrogen (secondary N) is 1. The lowest BCUT2D eigenvalue weighted by molar-refractivity contribution is 0.0222. The molecule has 0 bridgehead atoms. The van der Waals surface area contributed by atoms with Crippen LogP contribution in [0.15, 0.2) is 91.0 Å². The maximum absolute atomic E-state index is 13.0. The van der Waals surface area contributed by atoms with Gasteiger partial charge >= 0.3 is 5.97 Å². The summed E-state index contributed by atoms with van der Waals surface area (Å²) in [5.74, 6) is 1.07. The molecule has 4 aromatic rings. The van der Waals surface area contributed by atoms with Gasteiger partial charge in [0.25, 0.3) is 0 Å². The fourth-order valence-electron chi connectivity index (χ4n) is 4.69. The molecule has 0 aliphatic carbocycles. The first-order chi connectivity index (χ1) is 15.2. The summed E-state index contributed by atoms with van der Waals surface area (Å²) in [7, 11) is 0. The minimum atomic E-state index is -1.05. The van der Waals surface area contributed by atoms with Crippen LogP contribution in [0.3, 0.4) is 0 Å². The first-order valence-electron chi connectivity index (χ1n) is 10.2. The van der Waals surface area contributed by atoms with Gasteiger partial charge in [-0.3, -0.25) is 0 Å². The van der Waals surface area contributed by atoms with Gasteiger partial charge in [-0.25, -0.2) is 4.79 Å². The Morgan fingerprint density at radius 3 is 2.42 bits per heavy atom. The van der Waals surface area contributed by atoms with Crippen LogP contribution in [0.1, 0.15) is 32.6 Å². The summed E-state index contributed by atoms with van der Waals surface area (Å²) in [6.07, 6.45) is 0. The van der Waals surface area contributed by atoms with Gasteiger partial charge in [-0.2, -0.15) is 0 Å². The molecule has 150 valence electrons. The second-order valence-electron chi connectivity index (χ2n) is 7.87. The Morgan fingerprint density at radius 2 is 1.55 bits per heavy atom. The molecule has 2 aliphatic rings. The first kappa shape index (κ1) is 17.8. The van der Waals surface area contributed by atoms with Crippen molar-refractivity contribution in [1.82, 2.24) is 0 Å². The molecule has 0 fully saturated rings. The van der Waals surface area contributed by atoms with E-state index in [4.69, 9.17) is 9.47 Å². The van der Waals surface area contributed by atoms with Crippen molar-refractivity contribution in [2.75, 3.05) is 5.32 Å². The Balaban J connectivity index is 1.62. The Morgan fingerprint density at radius 1 is 0.742 bits per heavy atom. The molecule has 0 radical (unpaired) electrons. The number of hydrogen-bond acceptors (Lipinski definition) is 4. The van der Waals surface area contributed by atoms with Crippen LogP contribution < -0.4 is 10.1 Å². The molecule has 1 spiro atoms. The summed E-state index contributed by atoms with van der Waals surface area (Å²) in [5, 5.41) is 3.44. The SMILES string of the molecule is Cc1cccc2c1C1(OC(=O)c3ccccc31)c1cc(Nc3ccccc3)ccc1O2. The summed E-state index contributed by atoms with van der Waals surface area (Å²) in [5.41, 5.74) is 4.96. The predicted molar refractivity (Wildman–Crippen MR) is 119 cm³/mol. The number of hydrogen-bond donors (Lipinski definition) is 1. The van der Waals surface area contributed by atoms with E-state index >= 15 is 0 Å². The average Bonchev–Trinajstić information content (AvgIpc) is 3.08. The molecule has 1 unspecified atom stereocenters. The average molecular weight is 405 g/mol. The smallest absolute Gasteiger partial charge is 0.340 e. The van der Waals surface area contributed by atoms with Crippen LogP contribution in [-0.4, -0.2) is 5.97 Å². The number of anilines is 2. The summed E-state index contributed by atoms with van der Waals surface area (Å²) in [6, 6.07) is 29.4. The van der Waals surface area contributed by atoms with Gasteiger partial charge in [0.1, 0.15) is 11.5 Å². The molecule has 4 nitrogen and oxygen atoms in total. The molecule has 1 N–H and O–H groups in total. The zero-order chi connectivity index (χ0) is 21.0. The number of aryl methyl sites for hydroxylation is 1. The number of ether oxygens (including phenoxy) is 2. The molecular weight excluding hydrogens is 386 g/mol. The Labute approximate surface area is 180 Å². The lowest BCUT2D eigenvalue weighted by Gasteiger charge is -2.37. The maximum atomic E-state index is 13.0. The van der Waals surface area contributed by atoms with E-state index in [1.807, 2.05) is 97.9 Å². The fourth-order valence-corrected chi connectivity index (χ4v) is 4.69. The summed E-state index contributed by atoms with van der Waals surface area (Å²) < 4.78 is 12.5. The summed E-state index contributed by atoms with van der Waals surface area (Å²) in [6.45, 7) is 2.02. The Bertz CT molecular complexity index is 1350. The number of carbonyl (C=O) groups excluding carboxylic acids is 1. The number of carbonyl (C=O) groups is 1. The zero-order valence-corrected chi connectivity index (χ0v) is 16.9. The first-order valence-corrected chi connectivity index (χ1v) is 10.2. The lowest BCUT2D eigenvalue weighted by atomic mass is 9.76. The van der Waals surface area contributed by atoms with Gasteiger partial charge in [-0.1, -0.05) is 48.5 Å². The summed E-state index contributed by atoms with van der Waals surface area (Å²) >= 11 is 0. The van der Waals surface area contributed by atoms with Crippen LogP contribution in [0.4, 0.5) is 11.4 Å². The fraction of sp³-hybridized carbons (Fsp3) is 0.0741. The van der Waals surface area contributed by atoms with Crippen LogP contribution in [0.2, 0.25) is 0 Å². The lowest BCUT2D eigenvalue weighted by Crippen LogP contribution is -2.34. The third kappa shape index (κ3) is 2.51. The van der Waals surface area contributed by atoms with Gasteiger partial charge in [0.2, 0.25) is 0 Å². The highest BCUT2D eigenvalue weighted by Gasteiger charge is 2.54. The maximum Gasteiger partial charge on any atom is 0.340 e. The van der Waals surface area contributed by atoms with E-state index in [-0.39, 0.29) is 5.97 Å². The second-order valence-corrected chi connectivity index (χ2v) is 7.87. The number of benzene rings is 4. The highest BCUT2D eigenvalue weighted by molar-refractivity contribution is 5.97. The van der Waals surface area contributed by atoms with Gasteiger partial charge in [0.05, 0.1) is 11.1 Å². The van der Waals surface area contributed by atoms with Crippen molar-refractivity contribution in [2.24, 2.45) is 0 Å². The number of para-hydroxylation sites is 1. The van der Waals surface area contributed by atoms with E-state index in [0.717, 1.165) is 33.6 Å². The van der Waals surface area contributed by atoms with E-state index in [2.05, 4.69) is 5.32 Å². The molecule has 4 aromatic carbocycles. The Hall–Kier alpha value is -4.05. The molecule has 2 heterocycles. The minimum absolute atomic E-state index is 0.320.